The van der Waals surface area contributed by atoms with Crippen LogP contribution in [0.3, 0.4) is 0 Å². The van der Waals surface area contributed by atoms with E-state index in [0.29, 0.717) is 18.7 Å². The van der Waals surface area contributed by atoms with E-state index in [1.54, 1.807) is 11.8 Å². The first-order valence-corrected chi connectivity index (χ1v) is 10.2. The fraction of sp³-hybridized carbons (Fsp3) is 0.462. The third-order valence-electron chi connectivity index (χ3n) is 2.71. The number of carbonyl (C=O) groups is 1. The van der Waals surface area contributed by atoms with Crippen LogP contribution < -0.4 is 9.61 Å². The van der Waals surface area contributed by atoms with Gasteiger partial charge in [0, 0.05) is 25.0 Å². The van der Waals surface area contributed by atoms with Gasteiger partial charge in [0.05, 0.1) is 0 Å². The second-order valence-corrected chi connectivity index (χ2v) is 8.46. The van der Waals surface area contributed by atoms with E-state index in [-0.39, 0.29) is 6.42 Å². The van der Waals surface area contributed by atoms with Crippen molar-refractivity contribution in [1.82, 2.24) is 5.09 Å². The number of hydrogen-bond donors (Lipinski definition) is 2. The van der Waals surface area contributed by atoms with Gasteiger partial charge < -0.3 is 14.2 Å². The lowest BCUT2D eigenvalue weighted by atomic mass is 10.2. The number of aliphatic carboxylic acids is 1. The van der Waals surface area contributed by atoms with Crippen LogP contribution in [0.1, 0.15) is 18.4 Å². The molecule has 8 heteroatoms. The van der Waals surface area contributed by atoms with Crippen LogP contribution in [0.4, 0.5) is 0 Å². The topological polar surface area (TPSA) is 67.8 Å². The molecule has 0 aliphatic rings. The van der Waals surface area contributed by atoms with E-state index in [9.17, 15) is 4.79 Å². The average Bonchev–Trinajstić information content (AvgIpc) is 2.44. The average molecular weight is 349 g/mol. The monoisotopic (exact) mass is 349 g/mol. The van der Waals surface area contributed by atoms with Gasteiger partial charge in [-0.3, -0.25) is 4.79 Å². The first kappa shape index (κ1) is 18.5. The summed E-state index contributed by atoms with van der Waals surface area (Å²) >= 11 is 7.04. The molecule has 1 unspecified atom stereocenters. The first-order valence-electron chi connectivity index (χ1n) is 6.37. The molecule has 0 radical (unpaired) electrons. The van der Waals surface area contributed by atoms with E-state index < -0.39 is 12.6 Å². The Kier molecular flexibility index (Phi) is 7.70. The molecule has 118 valence electrons. The van der Waals surface area contributed by atoms with E-state index in [4.69, 9.17) is 26.0 Å². The molecule has 0 aliphatic heterocycles. The van der Waals surface area contributed by atoms with Crippen molar-refractivity contribution in [2.75, 3.05) is 19.9 Å². The van der Waals surface area contributed by atoms with Crippen molar-refractivity contribution >= 4 is 36.2 Å². The molecule has 0 aliphatic carbocycles. The van der Waals surface area contributed by atoms with E-state index >= 15 is 0 Å². The second kappa shape index (κ2) is 8.76. The highest BCUT2D eigenvalue weighted by Gasteiger charge is 2.18. The smallest absolute Gasteiger partial charge is 0.312 e. The van der Waals surface area contributed by atoms with E-state index in [1.807, 2.05) is 31.4 Å². The summed E-state index contributed by atoms with van der Waals surface area (Å²) in [6, 6.07) is 5.76. The molecule has 0 heterocycles. The zero-order valence-electron chi connectivity index (χ0n) is 12.3. The molecule has 1 aromatic carbocycles. The highest BCUT2D eigenvalue weighted by atomic mass is 32.5. The molecule has 5 nitrogen and oxygen atoms in total. The third kappa shape index (κ3) is 6.36. The molecular weight excluding hydrogens is 329 g/mol. The number of nitrogens with one attached hydrogen (secondary N) is 1. The largest absolute Gasteiger partial charge is 0.481 e. The SMILES string of the molecule is COP(=S)(NCCCC(=O)O)Oc1ccc(SC)c(C)c1. The van der Waals surface area contributed by atoms with Gasteiger partial charge in [-0.25, -0.2) is 5.09 Å². The third-order valence-corrected chi connectivity index (χ3v) is 6.20. The second-order valence-electron chi connectivity index (χ2n) is 4.31. The minimum Gasteiger partial charge on any atom is -0.481 e. The molecule has 1 rings (SSSR count). The van der Waals surface area contributed by atoms with Crippen LogP contribution in [0.15, 0.2) is 23.1 Å². The van der Waals surface area contributed by atoms with Crippen molar-refractivity contribution in [3.05, 3.63) is 23.8 Å². The predicted molar refractivity (Wildman–Crippen MR) is 89.8 cm³/mol. The number of hydrogen-bond acceptors (Lipinski definition) is 5. The summed E-state index contributed by atoms with van der Waals surface area (Å²) in [5, 5.41) is 11.6. The Balaban J connectivity index is 2.65. The zero-order chi connectivity index (χ0) is 15.9. The number of benzene rings is 1. The molecule has 1 atom stereocenters. The molecule has 0 bridgehead atoms. The summed E-state index contributed by atoms with van der Waals surface area (Å²) in [5.74, 6) is -0.173. The number of carboxylic acids is 1. The standard InChI is InChI=1S/C13H20NO4PS2/c1-10-9-11(6-7-12(10)21-3)18-19(20,17-2)14-8-4-5-13(15)16/h6-7,9H,4-5,8H2,1-3H3,(H,14,20)(H,15,16). The molecule has 0 spiro atoms. The highest BCUT2D eigenvalue weighted by Crippen LogP contribution is 2.44. The number of thioether (sulfide) groups is 1. The minimum atomic E-state index is -2.64. The van der Waals surface area contributed by atoms with Crippen LogP contribution in [0.25, 0.3) is 0 Å². The zero-order valence-corrected chi connectivity index (χ0v) is 14.8. The van der Waals surface area contributed by atoms with Gasteiger partial charge in [0.2, 0.25) is 0 Å². The van der Waals surface area contributed by atoms with Crippen LogP contribution in [-0.2, 0) is 21.1 Å². The molecular formula is C13H20NO4PS2. The molecule has 0 saturated carbocycles. The highest BCUT2D eigenvalue weighted by molar-refractivity contribution is 8.09. The van der Waals surface area contributed by atoms with Gasteiger partial charge in [-0.05, 0) is 55.2 Å². The minimum absolute atomic E-state index is 0.0908. The molecule has 0 amide bonds. The maximum Gasteiger partial charge on any atom is 0.312 e. The normalized spacial score (nSPS) is 13.7. The summed E-state index contributed by atoms with van der Waals surface area (Å²) in [5.41, 5.74) is 1.11. The van der Waals surface area contributed by atoms with Crippen LogP contribution in [0.5, 0.6) is 5.75 Å². The van der Waals surface area contributed by atoms with Crippen molar-refractivity contribution in [2.45, 2.75) is 24.7 Å². The van der Waals surface area contributed by atoms with Crippen molar-refractivity contribution in [1.29, 1.82) is 0 Å². The molecule has 0 aromatic heterocycles. The molecule has 0 saturated heterocycles. The first-order chi connectivity index (χ1) is 9.90. The van der Waals surface area contributed by atoms with Crippen molar-refractivity contribution in [3.63, 3.8) is 0 Å². The Morgan fingerprint density at radius 2 is 2.24 bits per heavy atom. The van der Waals surface area contributed by atoms with Gasteiger partial charge in [-0.15, -0.1) is 11.8 Å². The van der Waals surface area contributed by atoms with Crippen LogP contribution in [0, 0.1) is 6.92 Å². The Hall–Kier alpha value is -0.590. The van der Waals surface area contributed by atoms with E-state index in [2.05, 4.69) is 5.09 Å². The van der Waals surface area contributed by atoms with Gasteiger partial charge in [-0.2, -0.15) is 0 Å². The Morgan fingerprint density at radius 3 is 2.76 bits per heavy atom. The molecule has 1 aromatic rings. The lowest BCUT2D eigenvalue weighted by Crippen LogP contribution is -2.17. The van der Waals surface area contributed by atoms with Gasteiger partial charge in [0.15, 0.2) is 0 Å². The predicted octanol–water partition coefficient (Wildman–Crippen LogP) is 3.42. The van der Waals surface area contributed by atoms with Crippen molar-refractivity contribution < 1.29 is 18.9 Å². The van der Waals surface area contributed by atoms with Crippen LogP contribution in [0.2, 0.25) is 0 Å². The Morgan fingerprint density at radius 1 is 1.52 bits per heavy atom. The van der Waals surface area contributed by atoms with Gasteiger partial charge in [-0.1, -0.05) is 0 Å². The fourth-order valence-corrected chi connectivity index (χ4v) is 3.84. The van der Waals surface area contributed by atoms with Gasteiger partial charge in [0.25, 0.3) is 0 Å². The van der Waals surface area contributed by atoms with Crippen LogP contribution in [-0.4, -0.2) is 31.0 Å². The Labute approximate surface area is 134 Å². The maximum atomic E-state index is 10.5. The molecule has 2 N–H and O–H groups in total. The lowest BCUT2D eigenvalue weighted by Gasteiger charge is -2.22. The lowest BCUT2D eigenvalue weighted by molar-refractivity contribution is -0.137. The Bertz CT molecular complexity index is 539. The number of rotatable bonds is 9. The van der Waals surface area contributed by atoms with Crippen molar-refractivity contribution in [2.24, 2.45) is 0 Å². The molecule has 21 heavy (non-hydrogen) atoms. The quantitative estimate of drug-likeness (QED) is 0.402. The summed E-state index contributed by atoms with van der Waals surface area (Å²) in [4.78, 5) is 11.7. The summed E-state index contributed by atoms with van der Waals surface area (Å²) in [6.07, 6.45) is 2.59. The van der Waals surface area contributed by atoms with Gasteiger partial charge in [0.1, 0.15) is 5.75 Å². The summed E-state index contributed by atoms with van der Waals surface area (Å²) in [7, 11) is 1.49. The van der Waals surface area contributed by atoms with E-state index in [0.717, 1.165) is 5.56 Å². The van der Waals surface area contributed by atoms with Gasteiger partial charge >= 0.3 is 12.6 Å². The molecule has 0 fully saturated rings. The number of aryl methyl sites for hydroxylation is 1. The summed E-state index contributed by atoms with van der Waals surface area (Å²) < 4.78 is 11.1. The fourth-order valence-electron chi connectivity index (χ4n) is 1.64. The maximum absolute atomic E-state index is 10.5. The summed E-state index contributed by atoms with van der Waals surface area (Å²) in [6.45, 7) is -0.189. The van der Waals surface area contributed by atoms with Crippen LogP contribution >= 0.6 is 18.4 Å². The van der Waals surface area contributed by atoms with E-state index in [1.165, 1.54) is 12.0 Å². The van der Waals surface area contributed by atoms with Crippen molar-refractivity contribution in [3.8, 4) is 5.75 Å². The number of carboxylic acid groups (broad SMARTS) is 1.